The summed E-state index contributed by atoms with van der Waals surface area (Å²) in [5, 5.41) is 0. The predicted octanol–water partition coefficient (Wildman–Crippen LogP) is 3.51. The Bertz CT molecular complexity index is 649. The van der Waals surface area contributed by atoms with Crippen molar-refractivity contribution in [2.24, 2.45) is 0 Å². The van der Waals surface area contributed by atoms with Crippen LogP contribution in [0.1, 0.15) is 40.1 Å². The molecular formula is C15H18INO2Si. The number of halogens is 1. The Kier molecular flexibility index (Phi) is 5.16. The summed E-state index contributed by atoms with van der Waals surface area (Å²) in [5.41, 5.74) is 11.2. The molecule has 1 aromatic rings. The number of hydrogen-bond acceptors (Lipinski definition) is 3. The van der Waals surface area contributed by atoms with Crippen molar-refractivity contribution in [1.29, 1.82) is 0 Å². The lowest BCUT2D eigenvalue weighted by atomic mass is 9.97. The van der Waals surface area contributed by atoms with E-state index in [1.165, 1.54) is 13.8 Å². The van der Waals surface area contributed by atoms with Gasteiger partial charge in [0.05, 0.1) is 5.69 Å². The number of carbonyl (C=O) groups is 2. The summed E-state index contributed by atoms with van der Waals surface area (Å²) in [6, 6.07) is 1.64. The standard InChI is InChI=1S/C15H18INO2Si/c1-9(18)12-8-11(6-7-20(3,4)5)15(17)14(16)13(12)10(2)19/h8H,17H2,1-5H3. The van der Waals surface area contributed by atoms with Gasteiger partial charge in [-0.2, -0.15) is 0 Å². The molecule has 1 rings (SSSR count). The maximum atomic E-state index is 11.8. The first-order valence-electron chi connectivity index (χ1n) is 6.21. The number of Topliss-reactive ketones (excluding diaryl/α,β-unsaturated/α-hetero) is 2. The van der Waals surface area contributed by atoms with Crippen molar-refractivity contribution in [2.75, 3.05) is 5.73 Å². The molecule has 0 saturated heterocycles. The van der Waals surface area contributed by atoms with Crippen LogP contribution in [-0.4, -0.2) is 19.6 Å². The molecule has 0 unspecified atom stereocenters. The van der Waals surface area contributed by atoms with Gasteiger partial charge >= 0.3 is 0 Å². The van der Waals surface area contributed by atoms with E-state index in [1.807, 2.05) is 22.6 Å². The van der Waals surface area contributed by atoms with Crippen LogP contribution >= 0.6 is 22.6 Å². The second kappa shape index (κ2) is 6.10. The van der Waals surface area contributed by atoms with Crippen LogP contribution in [0, 0.1) is 15.0 Å². The number of hydrogen-bond donors (Lipinski definition) is 1. The van der Waals surface area contributed by atoms with Gasteiger partial charge in [0.1, 0.15) is 8.07 Å². The first-order chi connectivity index (χ1) is 9.04. The topological polar surface area (TPSA) is 60.2 Å². The van der Waals surface area contributed by atoms with Crippen molar-refractivity contribution >= 4 is 47.9 Å². The zero-order valence-corrected chi connectivity index (χ0v) is 15.5. The summed E-state index contributed by atoms with van der Waals surface area (Å²) in [5.74, 6) is 2.77. The Morgan fingerprint density at radius 1 is 1.20 bits per heavy atom. The molecule has 0 heterocycles. The molecule has 1 aromatic carbocycles. The minimum atomic E-state index is -1.53. The zero-order valence-electron chi connectivity index (χ0n) is 12.3. The average molecular weight is 399 g/mol. The van der Waals surface area contributed by atoms with Gasteiger partial charge in [-0.25, -0.2) is 0 Å². The lowest BCUT2D eigenvalue weighted by Gasteiger charge is -2.12. The van der Waals surface area contributed by atoms with Crippen LogP contribution in [0.5, 0.6) is 0 Å². The normalized spacial score (nSPS) is 10.7. The Labute approximate surface area is 134 Å². The third kappa shape index (κ3) is 3.93. The van der Waals surface area contributed by atoms with Gasteiger partial charge in [-0.15, -0.1) is 5.54 Å². The molecule has 0 aromatic heterocycles. The molecule has 2 N–H and O–H groups in total. The second-order valence-corrected chi connectivity index (χ2v) is 11.5. The minimum Gasteiger partial charge on any atom is -0.397 e. The Morgan fingerprint density at radius 3 is 2.15 bits per heavy atom. The third-order valence-corrected chi connectivity index (χ3v) is 4.60. The molecule has 20 heavy (non-hydrogen) atoms. The quantitative estimate of drug-likeness (QED) is 0.272. The number of nitrogen functional groups attached to an aromatic ring is 1. The number of benzene rings is 1. The highest BCUT2D eigenvalue weighted by Gasteiger charge is 2.19. The lowest BCUT2D eigenvalue weighted by Crippen LogP contribution is -2.16. The maximum absolute atomic E-state index is 11.8. The van der Waals surface area contributed by atoms with Crippen molar-refractivity contribution in [3.05, 3.63) is 26.3 Å². The number of anilines is 1. The van der Waals surface area contributed by atoms with E-state index in [0.29, 0.717) is 25.9 Å². The van der Waals surface area contributed by atoms with E-state index in [9.17, 15) is 9.59 Å². The summed E-state index contributed by atoms with van der Waals surface area (Å²) in [7, 11) is -1.53. The fourth-order valence-corrected chi connectivity index (χ4v) is 3.12. The SMILES string of the molecule is CC(=O)c1cc(C#C[Si](C)(C)C)c(N)c(I)c1C(C)=O. The van der Waals surface area contributed by atoms with Gasteiger partial charge in [-0.1, -0.05) is 25.6 Å². The van der Waals surface area contributed by atoms with Crippen molar-refractivity contribution < 1.29 is 9.59 Å². The van der Waals surface area contributed by atoms with E-state index in [1.54, 1.807) is 6.07 Å². The number of nitrogens with two attached hydrogens (primary N) is 1. The fourth-order valence-electron chi connectivity index (χ4n) is 1.65. The Balaban J connectivity index is 3.62. The zero-order chi connectivity index (χ0) is 15.7. The van der Waals surface area contributed by atoms with E-state index >= 15 is 0 Å². The van der Waals surface area contributed by atoms with Gasteiger partial charge in [0, 0.05) is 20.3 Å². The van der Waals surface area contributed by atoms with Crippen molar-refractivity contribution in [2.45, 2.75) is 33.5 Å². The fraction of sp³-hybridized carbons (Fsp3) is 0.333. The highest BCUT2D eigenvalue weighted by Crippen LogP contribution is 2.28. The van der Waals surface area contributed by atoms with E-state index in [0.717, 1.165) is 0 Å². The van der Waals surface area contributed by atoms with Crippen LogP contribution in [0.15, 0.2) is 6.07 Å². The molecule has 0 saturated carbocycles. The van der Waals surface area contributed by atoms with Gasteiger partial charge in [0.15, 0.2) is 11.6 Å². The van der Waals surface area contributed by atoms with Gasteiger partial charge in [0.25, 0.3) is 0 Å². The van der Waals surface area contributed by atoms with Crippen LogP contribution in [0.4, 0.5) is 5.69 Å². The molecule has 0 aliphatic rings. The summed E-state index contributed by atoms with van der Waals surface area (Å²) >= 11 is 2.01. The highest BCUT2D eigenvalue weighted by molar-refractivity contribution is 14.1. The number of rotatable bonds is 2. The highest BCUT2D eigenvalue weighted by atomic mass is 127. The van der Waals surface area contributed by atoms with Crippen molar-refractivity contribution in [3.8, 4) is 11.5 Å². The van der Waals surface area contributed by atoms with E-state index in [2.05, 4.69) is 31.1 Å². The molecular weight excluding hydrogens is 381 g/mol. The lowest BCUT2D eigenvalue weighted by molar-refractivity contribution is 0.0980. The van der Waals surface area contributed by atoms with Crippen molar-refractivity contribution in [3.63, 3.8) is 0 Å². The molecule has 0 radical (unpaired) electrons. The first-order valence-corrected chi connectivity index (χ1v) is 10.8. The van der Waals surface area contributed by atoms with E-state index in [4.69, 9.17) is 5.73 Å². The van der Waals surface area contributed by atoms with E-state index < -0.39 is 8.07 Å². The van der Waals surface area contributed by atoms with Gasteiger partial charge in [-0.3, -0.25) is 9.59 Å². The van der Waals surface area contributed by atoms with Gasteiger partial charge in [-0.05, 0) is 42.5 Å². The van der Waals surface area contributed by atoms with E-state index in [-0.39, 0.29) is 11.6 Å². The molecule has 106 valence electrons. The van der Waals surface area contributed by atoms with Crippen LogP contribution in [0.25, 0.3) is 0 Å². The molecule has 0 spiro atoms. The Hall–Kier alpha value is -1.13. The van der Waals surface area contributed by atoms with Gasteiger partial charge in [0.2, 0.25) is 0 Å². The predicted molar refractivity (Wildman–Crippen MR) is 93.8 cm³/mol. The molecule has 0 amide bonds. The molecule has 5 heteroatoms. The monoisotopic (exact) mass is 399 g/mol. The number of carbonyl (C=O) groups excluding carboxylic acids is 2. The van der Waals surface area contributed by atoms with Gasteiger partial charge < -0.3 is 5.73 Å². The summed E-state index contributed by atoms with van der Waals surface area (Å²) < 4.78 is 0.614. The smallest absolute Gasteiger partial charge is 0.161 e. The summed E-state index contributed by atoms with van der Waals surface area (Å²) in [4.78, 5) is 23.5. The first kappa shape index (κ1) is 16.9. The number of ketones is 2. The maximum Gasteiger partial charge on any atom is 0.161 e. The largest absolute Gasteiger partial charge is 0.397 e. The molecule has 0 atom stereocenters. The molecule has 0 aliphatic heterocycles. The van der Waals surface area contributed by atoms with Crippen LogP contribution in [-0.2, 0) is 0 Å². The van der Waals surface area contributed by atoms with Crippen LogP contribution in [0.2, 0.25) is 19.6 Å². The molecule has 0 aliphatic carbocycles. The van der Waals surface area contributed by atoms with Crippen LogP contribution in [0.3, 0.4) is 0 Å². The minimum absolute atomic E-state index is 0.149. The molecule has 0 bridgehead atoms. The average Bonchev–Trinajstić information content (AvgIpc) is 2.28. The Morgan fingerprint density at radius 2 is 1.75 bits per heavy atom. The molecule has 3 nitrogen and oxygen atoms in total. The van der Waals surface area contributed by atoms with Crippen molar-refractivity contribution in [1.82, 2.24) is 0 Å². The second-order valence-electron chi connectivity index (χ2n) is 5.69. The molecule has 0 fully saturated rings. The third-order valence-electron chi connectivity index (χ3n) is 2.61. The van der Waals surface area contributed by atoms with Crippen LogP contribution < -0.4 is 5.73 Å². The summed E-state index contributed by atoms with van der Waals surface area (Å²) in [6.45, 7) is 9.30. The summed E-state index contributed by atoms with van der Waals surface area (Å²) in [6.07, 6.45) is 0.